The lowest BCUT2D eigenvalue weighted by Crippen LogP contribution is -2.28. The monoisotopic (exact) mass is 398 g/mol. The SMILES string of the molecule is CCOC(=O)c1cc2cc(NC(=O)[C@H]3CNC[C@@H]3c3cnn(C)c3)ccc2s1. The van der Waals surface area contributed by atoms with E-state index in [1.54, 1.807) is 11.6 Å². The Morgan fingerprint density at radius 2 is 2.21 bits per heavy atom. The van der Waals surface area contributed by atoms with Crippen LogP contribution in [-0.4, -0.2) is 41.4 Å². The average molecular weight is 398 g/mol. The first-order valence-corrected chi connectivity index (χ1v) is 10.1. The number of hydrogen-bond donors (Lipinski definition) is 2. The number of carbonyl (C=O) groups is 2. The molecule has 0 aliphatic carbocycles. The lowest BCUT2D eigenvalue weighted by atomic mass is 9.90. The molecule has 1 fully saturated rings. The number of aromatic nitrogens is 2. The molecule has 1 saturated heterocycles. The number of rotatable bonds is 5. The smallest absolute Gasteiger partial charge is 0.348 e. The van der Waals surface area contributed by atoms with Crippen molar-refractivity contribution in [3.05, 3.63) is 47.1 Å². The third-order valence-corrected chi connectivity index (χ3v) is 6.06. The van der Waals surface area contributed by atoms with Gasteiger partial charge >= 0.3 is 5.97 Å². The Morgan fingerprint density at radius 1 is 1.36 bits per heavy atom. The van der Waals surface area contributed by atoms with E-state index in [0.717, 1.165) is 27.9 Å². The predicted octanol–water partition coefficient (Wildman–Crippen LogP) is 2.75. The quantitative estimate of drug-likeness (QED) is 0.646. The first-order chi connectivity index (χ1) is 13.5. The summed E-state index contributed by atoms with van der Waals surface area (Å²) in [4.78, 5) is 25.4. The van der Waals surface area contributed by atoms with Gasteiger partial charge in [0.1, 0.15) is 4.88 Å². The molecule has 0 saturated carbocycles. The summed E-state index contributed by atoms with van der Waals surface area (Å²) in [6.07, 6.45) is 3.79. The summed E-state index contributed by atoms with van der Waals surface area (Å²) in [6.45, 7) is 3.53. The fourth-order valence-electron chi connectivity index (χ4n) is 3.59. The molecule has 0 bridgehead atoms. The maximum absolute atomic E-state index is 12.9. The number of esters is 1. The summed E-state index contributed by atoms with van der Waals surface area (Å²) >= 11 is 1.39. The topological polar surface area (TPSA) is 85.2 Å². The summed E-state index contributed by atoms with van der Waals surface area (Å²) in [5, 5.41) is 11.5. The lowest BCUT2D eigenvalue weighted by Gasteiger charge is -2.17. The van der Waals surface area contributed by atoms with Gasteiger partial charge in [0.15, 0.2) is 0 Å². The lowest BCUT2D eigenvalue weighted by molar-refractivity contribution is -0.119. The van der Waals surface area contributed by atoms with Crippen LogP contribution in [-0.2, 0) is 16.6 Å². The van der Waals surface area contributed by atoms with E-state index in [1.807, 2.05) is 43.7 Å². The molecule has 2 aromatic heterocycles. The minimum Gasteiger partial charge on any atom is -0.462 e. The first kappa shape index (κ1) is 18.6. The van der Waals surface area contributed by atoms with Crippen LogP contribution in [0.4, 0.5) is 5.69 Å². The fourth-order valence-corrected chi connectivity index (χ4v) is 4.53. The van der Waals surface area contributed by atoms with Crippen LogP contribution in [0.3, 0.4) is 0 Å². The van der Waals surface area contributed by atoms with Gasteiger partial charge in [-0.15, -0.1) is 11.3 Å². The van der Waals surface area contributed by atoms with Gasteiger partial charge in [-0.3, -0.25) is 9.48 Å². The molecule has 0 spiro atoms. The molecule has 2 N–H and O–H groups in total. The van der Waals surface area contributed by atoms with E-state index in [9.17, 15) is 9.59 Å². The Morgan fingerprint density at radius 3 is 2.96 bits per heavy atom. The number of hydrogen-bond acceptors (Lipinski definition) is 6. The van der Waals surface area contributed by atoms with Crippen molar-refractivity contribution in [2.75, 3.05) is 25.0 Å². The van der Waals surface area contributed by atoms with Gasteiger partial charge < -0.3 is 15.4 Å². The van der Waals surface area contributed by atoms with Crippen LogP contribution in [0.5, 0.6) is 0 Å². The molecular weight excluding hydrogens is 376 g/mol. The Bertz CT molecular complexity index is 1030. The molecule has 0 radical (unpaired) electrons. The second kappa shape index (κ2) is 7.73. The van der Waals surface area contributed by atoms with Gasteiger partial charge in [0.05, 0.1) is 18.7 Å². The minimum atomic E-state index is -0.314. The summed E-state index contributed by atoms with van der Waals surface area (Å²) < 4.78 is 7.80. The molecule has 1 aromatic carbocycles. The highest BCUT2D eigenvalue weighted by atomic mass is 32.1. The number of anilines is 1. The van der Waals surface area contributed by atoms with Crippen LogP contribution in [0.2, 0.25) is 0 Å². The summed E-state index contributed by atoms with van der Waals surface area (Å²) in [7, 11) is 1.88. The maximum atomic E-state index is 12.9. The molecule has 28 heavy (non-hydrogen) atoms. The normalized spacial score (nSPS) is 19.1. The molecule has 4 rings (SSSR count). The molecule has 146 valence electrons. The number of fused-ring (bicyclic) bond motifs is 1. The highest BCUT2D eigenvalue weighted by molar-refractivity contribution is 7.20. The van der Waals surface area contributed by atoms with Crippen molar-refractivity contribution in [1.29, 1.82) is 0 Å². The summed E-state index contributed by atoms with van der Waals surface area (Å²) in [5.74, 6) is -0.379. The fraction of sp³-hybridized carbons (Fsp3) is 0.350. The maximum Gasteiger partial charge on any atom is 0.348 e. The van der Waals surface area contributed by atoms with Gasteiger partial charge in [-0.2, -0.15) is 5.10 Å². The number of carbonyl (C=O) groups excluding carboxylic acids is 2. The number of nitrogens with one attached hydrogen (secondary N) is 2. The Hall–Kier alpha value is -2.71. The first-order valence-electron chi connectivity index (χ1n) is 9.26. The van der Waals surface area contributed by atoms with E-state index < -0.39 is 0 Å². The van der Waals surface area contributed by atoms with Crippen molar-refractivity contribution < 1.29 is 14.3 Å². The van der Waals surface area contributed by atoms with Crippen LogP contribution >= 0.6 is 11.3 Å². The molecule has 0 unspecified atom stereocenters. The third kappa shape index (κ3) is 3.65. The molecule has 3 heterocycles. The van der Waals surface area contributed by atoms with Crippen molar-refractivity contribution in [2.24, 2.45) is 13.0 Å². The molecule has 1 amide bonds. The van der Waals surface area contributed by atoms with E-state index in [-0.39, 0.29) is 23.7 Å². The number of benzene rings is 1. The van der Waals surface area contributed by atoms with Crippen LogP contribution < -0.4 is 10.6 Å². The summed E-state index contributed by atoms with van der Waals surface area (Å²) in [5.41, 5.74) is 1.79. The van der Waals surface area contributed by atoms with E-state index in [1.165, 1.54) is 11.3 Å². The van der Waals surface area contributed by atoms with Gasteiger partial charge in [-0.05, 0) is 42.1 Å². The van der Waals surface area contributed by atoms with E-state index in [4.69, 9.17) is 4.74 Å². The molecule has 1 aliphatic heterocycles. The second-order valence-electron chi connectivity index (χ2n) is 6.89. The molecule has 1 aliphatic rings. The molecule has 8 heteroatoms. The number of nitrogens with zero attached hydrogens (tertiary/aromatic N) is 2. The van der Waals surface area contributed by atoms with Crippen LogP contribution in [0.1, 0.15) is 28.1 Å². The van der Waals surface area contributed by atoms with Gasteiger partial charge in [0, 0.05) is 42.6 Å². The van der Waals surface area contributed by atoms with Crippen molar-refractivity contribution in [3.8, 4) is 0 Å². The summed E-state index contributed by atoms with van der Waals surface area (Å²) in [6, 6.07) is 7.49. The van der Waals surface area contributed by atoms with Crippen LogP contribution in [0, 0.1) is 5.92 Å². The molecule has 3 aromatic rings. The largest absolute Gasteiger partial charge is 0.462 e. The number of ether oxygens (including phenoxy) is 1. The number of aryl methyl sites for hydroxylation is 1. The minimum absolute atomic E-state index is 0.0148. The van der Waals surface area contributed by atoms with Crippen molar-refractivity contribution in [2.45, 2.75) is 12.8 Å². The zero-order valence-corrected chi connectivity index (χ0v) is 16.6. The van der Waals surface area contributed by atoms with E-state index >= 15 is 0 Å². The van der Waals surface area contributed by atoms with Crippen LogP contribution in [0.15, 0.2) is 36.7 Å². The highest BCUT2D eigenvalue weighted by Crippen LogP contribution is 2.31. The average Bonchev–Trinajstić information content (AvgIpc) is 3.40. The van der Waals surface area contributed by atoms with Gasteiger partial charge in [0.25, 0.3) is 0 Å². The molecule has 7 nitrogen and oxygen atoms in total. The zero-order valence-electron chi connectivity index (χ0n) is 15.8. The predicted molar refractivity (Wildman–Crippen MR) is 109 cm³/mol. The second-order valence-corrected chi connectivity index (χ2v) is 7.98. The number of amides is 1. The Balaban J connectivity index is 1.50. The standard InChI is InChI=1S/C20H22N4O3S/c1-3-27-20(26)18-7-12-6-14(4-5-17(12)28-18)23-19(25)16-10-21-9-15(16)13-8-22-24(2)11-13/h4-8,11,15-16,21H,3,9-10H2,1-2H3,(H,23,25)/t15-,16+/m1/s1. The highest BCUT2D eigenvalue weighted by Gasteiger charge is 2.34. The van der Waals surface area contributed by atoms with Gasteiger partial charge in [0.2, 0.25) is 5.91 Å². The van der Waals surface area contributed by atoms with Gasteiger partial charge in [-0.25, -0.2) is 4.79 Å². The molecule has 2 atom stereocenters. The van der Waals surface area contributed by atoms with Crippen molar-refractivity contribution in [1.82, 2.24) is 15.1 Å². The Labute approximate surface area is 166 Å². The number of thiophene rings is 1. The van der Waals surface area contributed by atoms with E-state index in [0.29, 0.717) is 18.0 Å². The van der Waals surface area contributed by atoms with Gasteiger partial charge in [-0.1, -0.05) is 0 Å². The third-order valence-electron chi connectivity index (χ3n) is 4.96. The van der Waals surface area contributed by atoms with Crippen LogP contribution in [0.25, 0.3) is 10.1 Å². The van der Waals surface area contributed by atoms with Crippen molar-refractivity contribution in [3.63, 3.8) is 0 Å². The van der Waals surface area contributed by atoms with Crippen molar-refractivity contribution >= 4 is 39.0 Å². The van der Waals surface area contributed by atoms with E-state index in [2.05, 4.69) is 15.7 Å². The zero-order chi connectivity index (χ0) is 19.7. The molecular formula is C20H22N4O3S. The Kier molecular flexibility index (Phi) is 5.15.